The Labute approximate surface area is 216 Å². The summed E-state index contributed by atoms with van der Waals surface area (Å²) in [5, 5.41) is 13.9. The van der Waals surface area contributed by atoms with Crippen molar-refractivity contribution >= 4 is 22.8 Å². The molecule has 0 saturated carbocycles. The molecule has 190 valence electrons. The van der Waals surface area contributed by atoms with Crippen molar-refractivity contribution in [2.75, 3.05) is 53.4 Å². The van der Waals surface area contributed by atoms with Gasteiger partial charge in [0.05, 0.1) is 23.8 Å². The minimum Gasteiger partial charge on any atom is -0.336 e. The Morgan fingerprint density at radius 2 is 1.73 bits per heavy atom. The molecule has 1 aliphatic rings. The number of piperazine rings is 1. The van der Waals surface area contributed by atoms with Gasteiger partial charge in [-0.3, -0.25) is 9.69 Å². The summed E-state index contributed by atoms with van der Waals surface area (Å²) in [6.07, 6.45) is 3.18. The molecule has 0 N–H and O–H groups in total. The van der Waals surface area contributed by atoms with E-state index >= 15 is 0 Å². The number of carbonyl (C=O) groups excluding carboxylic acids is 1. The molecule has 0 atom stereocenters. The predicted molar refractivity (Wildman–Crippen MR) is 142 cm³/mol. The summed E-state index contributed by atoms with van der Waals surface area (Å²) in [6.45, 7) is 5.81. The maximum Gasteiger partial charge on any atom is 0.253 e. The smallest absolute Gasteiger partial charge is 0.253 e. The summed E-state index contributed by atoms with van der Waals surface area (Å²) in [5.74, 6) is 0.558. The summed E-state index contributed by atoms with van der Waals surface area (Å²) >= 11 is 0. The van der Waals surface area contributed by atoms with Crippen LogP contribution in [0.4, 0.5) is 5.82 Å². The number of carbonyl (C=O) groups is 1. The van der Waals surface area contributed by atoms with E-state index in [0.717, 1.165) is 55.9 Å². The Hall–Kier alpha value is -4.02. The number of fused-ring (bicyclic) bond motifs is 1. The molecule has 0 radical (unpaired) electrons. The number of amides is 1. The van der Waals surface area contributed by atoms with Crippen molar-refractivity contribution < 1.29 is 4.79 Å². The summed E-state index contributed by atoms with van der Waals surface area (Å²) in [7, 11) is 4.17. The fourth-order valence-electron chi connectivity index (χ4n) is 4.30. The molecule has 1 aliphatic heterocycles. The summed E-state index contributed by atoms with van der Waals surface area (Å²) < 4.78 is 1.76. The van der Waals surface area contributed by atoms with Crippen LogP contribution in [0.2, 0.25) is 0 Å². The SMILES string of the molecule is CN(C)CCN1CCN(C(=O)c2ccc(CN=Nc3ncnc4c3cnn4-c3ccccc3)cc2)CC1. The van der Waals surface area contributed by atoms with E-state index in [2.05, 4.69) is 49.2 Å². The molecule has 0 aliphatic carbocycles. The van der Waals surface area contributed by atoms with Gasteiger partial charge in [-0.15, -0.1) is 5.11 Å². The molecular weight excluding hydrogens is 466 g/mol. The molecule has 0 unspecified atom stereocenters. The van der Waals surface area contributed by atoms with Gasteiger partial charge in [0.25, 0.3) is 5.91 Å². The molecule has 37 heavy (non-hydrogen) atoms. The van der Waals surface area contributed by atoms with Crippen molar-refractivity contribution in [1.29, 1.82) is 0 Å². The second kappa shape index (κ2) is 11.4. The van der Waals surface area contributed by atoms with Crippen molar-refractivity contribution in [2.45, 2.75) is 6.54 Å². The van der Waals surface area contributed by atoms with Gasteiger partial charge in [0, 0.05) is 44.8 Å². The fourth-order valence-corrected chi connectivity index (χ4v) is 4.30. The molecule has 10 heteroatoms. The third kappa shape index (κ3) is 5.87. The number of likely N-dealkylation sites (N-methyl/N-ethyl adjacent to an activating group) is 1. The van der Waals surface area contributed by atoms with Gasteiger partial charge in [-0.2, -0.15) is 10.2 Å². The molecular formula is C27H31N9O. The highest BCUT2D eigenvalue weighted by Crippen LogP contribution is 2.24. The lowest BCUT2D eigenvalue weighted by atomic mass is 10.1. The van der Waals surface area contributed by atoms with Crippen molar-refractivity contribution in [3.8, 4) is 5.69 Å². The Bertz CT molecular complexity index is 1360. The maximum absolute atomic E-state index is 12.9. The number of hydrogen-bond donors (Lipinski definition) is 0. The molecule has 10 nitrogen and oxygen atoms in total. The molecule has 1 saturated heterocycles. The van der Waals surface area contributed by atoms with Crippen LogP contribution in [-0.2, 0) is 6.54 Å². The zero-order valence-electron chi connectivity index (χ0n) is 21.2. The summed E-state index contributed by atoms with van der Waals surface area (Å²) in [6, 6.07) is 17.4. The zero-order valence-corrected chi connectivity index (χ0v) is 21.2. The first-order valence-corrected chi connectivity index (χ1v) is 12.5. The van der Waals surface area contributed by atoms with Gasteiger partial charge >= 0.3 is 0 Å². The number of azo groups is 1. The van der Waals surface area contributed by atoms with Gasteiger partial charge in [0.2, 0.25) is 0 Å². The highest BCUT2D eigenvalue weighted by molar-refractivity contribution is 5.94. The highest BCUT2D eigenvalue weighted by atomic mass is 16.2. The van der Waals surface area contributed by atoms with Crippen LogP contribution >= 0.6 is 0 Å². The van der Waals surface area contributed by atoms with Crippen molar-refractivity contribution in [3.05, 3.63) is 78.2 Å². The van der Waals surface area contributed by atoms with E-state index in [-0.39, 0.29) is 5.91 Å². The van der Waals surface area contributed by atoms with Crippen LogP contribution in [0.3, 0.4) is 0 Å². The largest absolute Gasteiger partial charge is 0.336 e. The molecule has 0 bridgehead atoms. The number of benzene rings is 2. The van der Waals surface area contributed by atoms with Gasteiger partial charge in [0.15, 0.2) is 11.5 Å². The molecule has 4 aromatic rings. The second-order valence-electron chi connectivity index (χ2n) is 9.36. The van der Waals surface area contributed by atoms with E-state index in [9.17, 15) is 4.79 Å². The van der Waals surface area contributed by atoms with Gasteiger partial charge in [-0.05, 0) is 43.9 Å². The van der Waals surface area contributed by atoms with Crippen LogP contribution < -0.4 is 0 Å². The number of aromatic nitrogens is 4. The number of para-hydroxylation sites is 1. The first kappa shape index (κ1) is 24.7. The van der Waals surface area contributed by atoms with Crippen LogP contribution in [0.1, 0.15) is 15.9 Å². The van der Waals surface area contributed by atoms with Gasteiger partial charge < -0.3 is 9.80 Å². The third-order valence-corrected chi connectivity index (χ3v) is 6.49. The lowest BCUT2D eigenvalue weighted by Gasteiger charge is -2.35. The number of rotatable bonds is 8. The Morgan fingerprint density at radius 3 is 2.46 bits per heavy atom. The number of nitrogens with zero attached hydrogens (tertiary/aromatic N) is 9. The van der Waals surface area contributed by atoms with Crippen LogP contribution in [0.5, 0.6) is 0 Å². The Morgan fingerprint density at radius 1 is 0.973 bits per heavy atom. The first-order valence-electron chi connectivity index (χ1n) is 12.5. The van der Waals surface area contributed by atoms with E-state index in [4.69, 9.17) is 0 Å². The predicted octanol–water partition coefficient (Wildman–Crippen LogP) is 3.42. The van der Waals surface area contributed by atoms with Crippen molar-refractivity contribution in [1.82, 2.24) is 34.4 Å². The molecule has 3 heterocycles. The lowest BCUT2D eigenvalue weighted by molar-refractivity contribution is 0.0629. The first-order chi connectivity index (χ1) is 18.1. The lowest BCUT2D eigenvalue weighted by Crippen LogP contribution is -2.49. The molecule has 2 aromatic heterocycles. The van der Waals surface area contributed by atoms with Crippen LogP contribution in [-0.4, -0.2) is 93.7 Å². The molecule has 1 amide bonds. The Balaban J connectivity index is 1.19. The van der Waals surface area contributed by atoms with E-state index in [1.165, 1.54) is 6.33 Å². The van der Waals surface area contributed by atoms with Crippen LogP contribution in [0, 0.1) is 0 Å². The van der Waals surface area contributed by atoms with Gasteiger partial charge in [-0.25, -0.2) is 14.6 Å². The van der Waals surface area contributed by atoms with E-state index in [0.29, 0.717) is 23.6 Å². The monoisotopic (exact) mass is 497 g/mol. The minimum absolute atomic E-state index is 0.0826. The topological polar surface area (TPSA) is 95.1 Å². The second-order valence-corrected chi connectivity index (χ2v) is 9.36. The van der Waals surface area contributed by atoms with Gasteiger partial charge in [-0.1, -0.05) is 30.3 Å². The average molecular weight is 498 g/mol. The quantitative estimate of drug-likeness (QED) is 0.346. The van der Waals surface area contributed by atoms with Crippen molar-refractivity contribution in [2.24, 2.45) is 10.2 Å². The van der Waals surface area contributed by atoms with Crippen LogP contribution in [0.25, 0.3) is 16.7 Å². The van der Waals surface area contributed by atoms with Crippen LogP contribution in [0.15, 0.2) is 77.3 Å². The van der Waals surface area contributed by atoms with E-state index in [1.54, 1.807) is 10.9 Å². The molecule has 1 fully saturated rings. The Kier molecular flexibility index (Phi) is 7.57. The van der Waals surface area contributed by atoms with E-state index in [1.807, 2.05) is 59.5 Å². The van der Waals surface area contributed by atoms with Gasteiger partial charge in [0.1, 0.15) is 6.33 Å². The molecule has 2 aromatic carbocycles. The third-order valence-electron chi connectivity index (χ3n) is 6.49. The summed E-state index contributed by atoms with van der Waals surface area (Å²) in [5.41, 5.74) is 3.27. The maximum atomic E-state index is 12.9. The highest BCUT2D eigenvalue weighted by Gasteiger charge is 2.22. The normalized spacial score (nSPS) is 14.7. The number of hydrogen-bond acceptors (Lipinski definition) is 8. The zero-order chi connectivity index (χ0) is 25.6. The standard InChI is InChI=1S/C27H31N9O/c1-33(2)12-13-34-14-16-35(17-15-34)27(37)22-10-8-21(9-11-22)18-30-32-25-24-19-31-36(26(24)29-20-28-25)23-6-4-3-5-7-23/h3-11,19-20H,12-18H2,1-2H3. The summed E-state index contributed by atoms with van der Waals surface area (Å²) in [4.78, 5) is 28.1. The fraction of sp³-hybridized carbons (Fsp3) is 0.333. The molecule has 0 spiro atoms. The molecule has 5 rings (SSSR count). The van der Waals surface area contributed by atoms with E-state index < -0.39 is 0 Å². The minimum atomic E-state index is 0.0826. The average Bonchev–Trinajstić information content (AvgIpc) is 3.38. The van der Waals surface area contributed by atoms with Crippen molar-refractivity contribution in [3.63, 3.8) is 0 Å².